The molecule has 0 spiro atoms. The van der Waals surface area contributed by atoms with Crippen molar-refractivity contribution in [1.82, 2.24) is 15.1 Å². The Bertz CT molecular complexity index is 438. The average Bonchev–Trinajstić information content (AvgIpc) is 2.98. The summed E-state index contributed by atoms with van der Waals surface area (Å²) < 4.78 is 12.3. The van der Waals surface area contributed by atoms with Crippen LogP contribution in [0.3, 0.4) is 0 Å². The van der Waals surface area contributed by atoms with Crippen molar-refractivity contribution in [1.29, 1.82) is 0 Å². The van der Waals surface area contributed by atoms with Crippen molar-refractivity contribution in [3.05, 3.63) is 17.5 Å². The molecule has 0 radical (unpaired) electrons. The van der Waals surface area contributed by atoms with Crippen LogP contribution in [-0.4, -0.2) is 35.2 Å². The molecule has 1 aliphatic heterocycles. The maximum Gasteiger partial charge on any atom is 0.407 e. The van der Waals surface area contributed by atoms with Crippen LogP contribution < -0.4 is 5.32 Å². The van der Waals surface area contributed by atoms with Gasteiger partial charge in [0.25, 0.3) is 0 Å². The lowest BCUT2D eigenvalue weighted by molar-refractivity contribution is 0.0430. The van der Waals surface area contributed by atoms with Crippen LogP contribution in [0.25, 0.3) is 0 Å². The van der Waals surface area contributed by atoms with E-state index in [1.54, 1.807) is 10.9 Å². The van der Waals surface area contributed by atoms with Crippen LogP contribution in [0.15, 0.2) is 6.20 Å². The average molecular weight is 267 g/mol. The van der Waals surface area contributed by atoms with Gasteiger partial charge < -0.3 is 14.8 Å². The van der Waals surface area contributed by atoms with Gasteiger partial charge in [-0.05, 0) is 26.7 Å². The molecule has 1 aromatic rings. The van der Waals surface area contributed by atoms with Gasteiger partial charge in [-0.3, -0.25) is 4.68 Å². The highest BCUT2D eigenvalue weighted by molar-refractivity contribution is 5.67. The second kappa shape index (κ2) is 6.06. The number of amides is 1. The van der Waals surface area contributed by atoms with Gasteiger partial charge in [0, 0.05) is 24.9 Å². The molecule has 0 bridgehead atoms. The van der Waals surface area contributed by atoms with E-state index in [1.165, 1.54) is 0 Å². The number of rotatable bonds is 4. The molecule has 0 aromatic carbocycles. The maximum atomic E-state index is 11.7. The van der Waals surface area contributed by atoms with Crippen LogP contribution in [0.4, 0.5) is 4.79 Å². The van der Waals surface area contributed by atoms with Crippen molar-refractivity contribution < 1.29 is 14.3 Å². The SMILES string of the molecule is Cc1c(C(C)NC(=O)OCC2CCCO2)cnn1C. The Kier molecular flexibility index (Phi) is 4.42. The molecule has 2 atom stereocenters. The molecule has 1 aromatic heterocycles. The predicted molar refractivity (Wildman–Crippen MR) is 69.8 cm³/mol. The molecule has 2 rings (SSSR count). The molecule has 2 unspecified atom stereocenters. The molecule has 19 heavy (non-hydrogen) atoms. The van der Waals surface area contributed by atoms with Crippen molar-refractivity contribution in [3.8, 4) is 0 Å². The van der Waals surface area contributed by atoms with Crippen molar-refractivity contribution >= 4 is 6.09 Å². The Morgan fingerprint density at radius 3 is 3.11 bits per heavy atom. The van der Waals surface area contributed by atoms with Crippen LogP contribution in [0.1, 0.15) is 37.1 Å². The van der Waals surface area contributed by atoms with E-state index < -0.39 is 6.09 Å². The summed E-state index contributed by atoms with van der Waals surface area (Å²) in [6.07, 6.45) is 3.42. The Morgan fingerprint density at radius 1 is 1.74 bits per heavy atom. The van der Waals surface area contributed by atoms with E-state index in [0.29, 0.717) is 6.61 Å². The fourth-order valence-electron chi connectivity index (χ4n) is 2.18. The molecule has 1 amide bonds. The quantitative estimate of drug-likeness (QED) is 0.901. The van der Waals surface area contributed by atoms with Gasteiger partial charge in [-0.2, -0.15) is 5.10 Å². The smallest absolute Gasteiger partial charge is 0.407 e. The van der Waals surface area contributed by atoms with E-state index in [9.17, 15) is 4.79 Å². The van der Waals surface area contributed by atoms with E-state index >= 15 is 0 Å². The van der Waals surface area contributed by atoms with Crippen molar-refractivity contribution in [2.75, 3.05) is 13.2 Å². The fourth-order valence-corrected chi connectivity index (χ4v) is 2.18. The number of aromatic nitrogens is 2. The van der Waals surface area contributed by atoms with Crippen LogP contribution in [0, 0.1) is 6.92 Å². The number of nitrogens with zero attached hydrogens (tertiary/aromatic N) is 2. The number of ether oxygens (including phenoxy) is 2. The first-order chi connectivity index (χ1) is 9.08. The molecular weight excluding hydrogens is 246 g/mol. The summed E-state index contributed by atoms with van der Waals surface area (Å²) in [6.45, 7) is 4.97. The number of hydrogen-bond donors (Lipinski definition) is 1. The van der Waals surface area contributed by atoms with Crippen molar-refractivity contribution in [2.45, 2.75) is 38.8 Å². The van der Waals surface area contributed by atoms with E-state index in [2.05, 4.69) is 10.4 Å². The van der Waals surface area contributed by atoms with Crippen LogP contribution in [-0.2, 0) is 16.5 Å². The Morgan fingerprint density at radius 2 is 2.53 bits per heavy atom. The standard InChI is InChI=1S/C13H21N3O3/c1-9(12-7-14-16(3)10(12)2)15-13(17)19-8-11-5-4-6-18-11/h7,9,11H,4-6,8H2,1-3H3,(H,15,17). The summed E-state index contributed by atoms with van der Waals surface area (Å²) in [6, 6.07) is -0.120. The van der Waals surface area contributed by atoms with Crippen LogP contribution in [0.5, 0.6) is 0 Å². The molecule has 0 saturated carbocycles. The van der Waals surface area contributed by atoms with Crippen molar-refractivity contribution in [3.63, 3.8) is 0 Å². The molecule has 6 nitrogen and oxygen atoms in total. The molecule has 1 saturated heterocycles. The predicted octanol–water partition coefficient (Wildman–Crippen LogP) is 1.69. The molecule has 106 valence electrons. The zero-order chi connectivity index (χ0) is 13.8. The summed E-state index contributed by atoms with van der Waals surface area (Å²) >= 11 is 0. The fraction of sp³-hybridized carbons (Fsp3) is 0.692. The third-order valence-corrected chi connectivity index (χ3v) is 3.50. The van der Waals surface area contributed by atoms with Gasteiger partial charge in [-0.25, -0.2) is 4.79 Å². The minimum absolute atomic E-state index is 0.0567. The van der Waals surface area contributed by atoms with Gasteiger partial charge in [0.05, 0.1) is 18.3 Å². The largest absolute Gasteiger partial charge is 0.447 e. The molecule has 6 heteroatoms. The number of hydrogen-bond acceptors (Lipinski definition) is 4. The minimum atomic E-state index is -0.411. The first-order valence-corrected chi connectivity index (χ1v) is 6.61. The first kappa shape index (κ1) is 13.9. The lowest BCUT2D eigenvalue weighted by Gasteiger charge is -2.15. The lowest BCUT2D eigenvalue weighted by Crippen LogP contribution is -2.30. The number of alkyl carbamates (subject to hydrolysis) is 1. The van der Waals surface area contributed by atoms with Gasteiger partial charge in [-0.1, -0.05) is 0 Å². The molecule has 1 fully saturated rings. The zero-order valence-corrected chi connectivity index (χ0v) is 11.7. The number of carbonyl (C=O) groups excluding carboxylic acids is 1. The Hall–Kier alpha value is -1.56. The van der Waals surface area contributed by atoms with Gasteiger partial charge in [0.2, 0.25) is 0 Å². The molecule has 1 N–H and O–H groups in total. The summed E-state index contributed by atoms with van der Waals surface area (Å²) in [4.78, 5) is 11.7. The first-order valence-electron chi connectivity index (χ1n) is 6.61. The third-order valence-electron chi connectivity index (χ3n) is 3.50. The highest BCUT2D eigenvalue weighted by Crippen LogP contribution is 2.16. The number of carbonyl (C=O) groups is 1. The van der Waals surface area contributed by atoms with Crippen LogP contribution >= 0.6 is 0 Å². The lowest BCUT2D eigenvalue weighted by atomic mass is 10.1. The molecular formula is C13H21N3O3. The second-order valence-corrected chi connectivity index (χ2v) is 4.91. The Balaban J connectivity index is 1.79. The molecule has 0 aliphatic carbocycles. The zero-order valence-electron chi connectivity index (χ0n) is 11.7. The summed E-state index contributed by atoms with van der Waals surface area (Å²) in [5, 5.41) is 6.96. The monoisotopic (exact) mass is 267 g/mol. The van der Waals surface area contributed by atoms with Crippen LogP contribution in [0.2, 0.25) is 0 Å². The number of nitrogens with one attached hydrogen (secondary N) is 1. The van der Waals surface area contributed by atoms with E-state index in [0.717, 1.165) is 30.7 Å². The normalized spacial score (nSPS) is 20.3. The van der Waals surface area contributed by atoms with Gasteiger partial charge >= 0.3 is 6.09 Å². The van der Waals surface area contributed by atoms with Gasteiger partial charge in [-0.15, -0.1) is 0 Å². The van der Waals surface area contributed by atoms with Gasteiger partial charge in [0.15, 0.2) is 0 Å². The summed E-state index contributed by atoms with van der Waals surface area (Å²) in [5.41, 5.74) is 2.03. The third kappa shape index (κ3) is 3.47. The number of aryl methyl sites for hydroxylation is 1. The minimum Gasteiger partial charge on any atom is -0.447 e. The molecule has 2 heterocycles. The summed E-state index contributed by atoms with van der Waals surface area (Å²) in [5.74, 6) is 0. The van der Waals surface area contributed by atoms with E-state index in [1.807, 2.05) is 20.9 Å². The van der Waals surface area contributed by atoms with E-state index in [4.69, 9.17) is 9.47 Å². The highest BCUT2D eigenvalue weighted by atomic mass is 16.6. The Labute approximate surface area is 113 Å². The highest BCUT2D eigenvalue weighted by Gasteiger charge is 2.19. The maximum absolute atomic E-state index is 11.7. The van der Waals surface area contributed by atoms with Gasteiger partial charge in [0.1, 0.15) is 6.61 Å². The van der Waals surface area contributed by atoms with Crippen molar-refractivity contribution in [2.24, 2.45) is 7.05 Å². The summed E-state index contributed by atoms with van der Waals surface area (Å²) in [7, 11) is 1.88. The topological polar surface area (TPSA) is 65.4 Å². The van der Waals surface area contributed by atoms with E-state index in [-0.39, 0.29) is 12.1 Å². The second-order valence-electron chi connectivity index (χ2n) is 4.91. The molecule has 1 aliphatic rings.